The maximum Gasteiger partial charge on any atom is 0.119 e. The summed E-state index contributed by atoms with van der Waals surface area (Å²) in [7, 11) is 1.72. The van der Waals surface area contributed by atoms with Crippen LogP contribution in [0.4, 0.5) is 5.69 Å². The average molecular weight is 276 g/mol. The second-order valence-electron chi connectivity index (χ2n) is 5.79. The van der Waals surface area contributed by atoms with E-state index >= 15 is 0 Å². The van der Waals surface area contributed by atoms with Crippen molar-refractivity contribution in [3.8, 4) is 5.75 Å². The van der Waals surface area contributed by atoms with Crippen LogP contribution in [0.25, 0.3) is 0 Å². The monoisotopic (exact) mass is 276 g/mol. The zero-order valence-corrected chi connectivity index (χ0v) is 13.1. The van der Waals surface area contributed by atoms with E-state index in [1.165, 1.54) is 56.6 Å². The molecule has 2 rings (SSSR count). The van der Waals surface area contributed by atoms with Gasteiger partial charge in [-0.15, -0.1) is 0 Å². The SMILES string of the molecule is CCCN1CCCC(Nc2ccc(OC)cc2C)CC1. The fourth-order valence-electron chi connectivity index (χ4n) is 2.99. The van der Waals surface area contributed by atoms with Gasteiger partial charge in [-0.05, 0) is 69.5 Å². The highest BCUT2D eigenvalue weighted by atomic mass is 16.5. The van der Waals surface area contributed by atoms with Crippen molar-refractivity contribution in [2.45, 2.75) is 45.6 Å². The summed E-state index contributed by atoms with van der Waals surface area (Å²) < 4.78 is 5.27. The minimum atomic E-state index is 0.601. The van der Waals surface area contributed by atoms with Crippen LogP contribution in [0.3, 0.4) is 0 Å². The van der Waals surface area contributed by atoms with Crippen LogP contribution in [0.1, 0.15) is 38.2 Å². The molecule has 0 radical (unpaired) electrons. The number of likely N-dealkylation sites (tertiary alicyclic amines) is 1. The first-order valence-corrected chi connectivity index (χ1v) is 7.86. The highest BCUT2D eigenvalue weighted by Crippen LogP contribution is 2.24. The maximum absolute atomic E-state index is 5.27. The van der Waals surface area contributed by atoms with Crippen molar-refractivity contribution < 1.29 is 4.74 Å². The molecule has 0 aromatic heterocycles. The van der Waals surface area contributed by atoms with Gasteiger partial charge in [0.2, 0.25) is 0 Å². The van der Waals surface area contributed by atoms with Crippen LogP contribution in [-0.4, -0.2) is 37.7 Å². The molecule has 1 aromatic carbocycles. The molecule has 0 bridgehead atoms. The number of hydrogen-bond acceptors (Lipinski definition) is 3. The molecule has 0 saturated carbocycles. The van der Waals surface area contributed by atoms with E-state index in [0.717, 1.165) is 5.75 Å². The van der Waals surface area contributed by atoms with Gasteiger partial charge in [-0.3, -0.25) is 0 Å². The molecule has 1 saturated heterocycles. The minimum absolute atomic E-state index is 0.601. The van der Waals surface area contributed by atoms with Gasteiger partial charge in [-0.25, -0.2) is 0 Å². The highest BCUT2D eigenvalue weighted by molar-refractivity contribution is 5.54. The Bertz CT molecular complexity index is 419. The number of nitrogens with one attached hydrogen (secondary N) is 1. The molecule has 1 fully saturated rings. The van der Waals surface area contributed by atoms with E-state index in [1.54, 1.807) is 7.11 Å². The summed E-state index contributed by atoms with van der Waals surface area (Å²) in [6.45, 7) is 8.13. The summed E-state index contributed by atoms with van der Waals surface area (Å²) in [5, 5.41) is 3.72. The molecule has 0 spiro atoms. The van der Waals surface area contributed by atoms with Gasteiger partial charge in [0.25, 0.3) is 0 Å². The molecule has 112 valence electrons. The van der Waals surface area contributed by atoms with E-state index in [9.17, 15) is 0 Å². The van der Waals surface area contributed by atoms with Crippen molar-refractivity contribution in [2.75, 3.05) is 32.1 Å². The van der Waals surface area contributed by atoms with Gasteiger partial charge in [0.05, 0.1) is 7.11 Å². The zero-order valence-electron chi connectivity index (χ0n) is 13.1. The van der Waals surface area contributed by atoms with Gasteiger partial charge in [0.1, 0.15) is 5.75 Å². The second kappa shape index (κ2) is 7.53. The quantitative estimate of drug-likeness (QED) is 0.888. The van der Waals surface area contributed by atoms with Crippen molar-refractivity contribution >= 4 is 5.69 Å². The molecule has 1 aromatic rings. The molecule has 1 N–H and O–H groups in total. The zero-order chi connectivity index (χ0) is 14.4. The van der Waals surface area contributed by atoms with Gasteiger partial charge in [0, 0.05) is 18.3 Å². The number of anilines is 1. The van der Waals surface area contributed by atoms with E-state index in [2.05, 4.69) is 36.2 Å². The van der Waals surface area contributed by atoms with Crippen LogP contribution >= 0.6 is 0 Å². The van der Waals surface area contributed by atoms with Gasteiger partial charge in [-0.1, -0.05) is 6.92 Å². The number of aryl methyl sites for hydroxylation is 1. The third kappa shape index (κ3) is 4.14. The summed E-state index contributed by atoms with van der Waals surface area (Å²) in [6.07, 6.45) is 5.07. The highest BCUT2D eigenvalue weighted by Gasteiger charge is 2.16. The van der Waals surface area contributed by atoms with Crippen molar-refractivity contribution in [3.05, 3.63) is 23.8 Å². The van der Waals surface area contributed by atoms with Crippen LogP contribution in [0.2, 0.25) is 0 Å². The number of rotatable bonds is 5. The number of hydrogen-bond donors (Lipinski definition) is 1. The van der Waals surface area contributed by atoms with Gasteiger partial charge >= 0.3 is 0 Å². The Kier molecular flexibility index (Phi) is 5.72. The molecule has 0 aliphatic carbocycles. The Hall–Kier alpha value is -1.22. The molecule has 1 atom stereocenters. The Balaban J connectivity index is 1.93. The first-order valence-electron chi connectivity index (χ1n) is 7.86. The predicted octanol–water partition coefficient (Wildman–Crippen LogP) is 3.68. The second-order valence-corrected chi connectivity index (χ2v) is 5.79. The van der Waals surface area contributed by atoms with Crippen molar-refractivity contribution in [2.24, 2.45) is 0 Å². The summed E-state index contributed by atoms with van der Waals surface area (Å²) in [4.78, 5) is 2.60. The number of benzene rings is 1. The maximum atomic E-state index is 5.27. The molecule has 0 amide bonds. The van der Waals surface area contributed by atoms with Crippen LogP contribution in [0, 0.1) is 6.92 Å². The van der Waals surface area contributed by atoms with Crippen molar-refractivity contribution in [1.29, 1.82) is 0 Å². The summed E-state index contributed by atoms with van der Waals surface area (Å²) in [6, 6.07) is 6.88. The smallest absolute Gasteiger partial charge is 0.119 e. The standard InChI is InChI=1S/C17H28N2O/c1-4-10-19-11-5-6-15(9-12-19)18-17-8-7-16(20-3)13-14(17)2/h7-8,13,15,18H,4-6,9-12H2,1-3H3. The first-order chi connectivity index (χ1) is 9.72. The first kappa shape index (κ1) is 15.2. The molecular formula is C17H28N2O. The van der Waals surface area contributed by atoms with Crippen LogP contribution in [0.5, 0.6) is 5.75 Å². The molecule has 1 heterocycles. The van der Waals surface area contributed by atoms with E-state index < -0.39 is 0 Å². The lowest BCUT2D eigenvalue weighted by molar-refractivity contribution is 0.285. The summed E-state index contributed by atoms with van der Waals surface area (Å²) in [5.74, 6) is 0.933. The normalized spacial score (nSPS) is 20.4. The van der Waals surface area contributed by atoms with Crippen LogP contribution in [0.15, 0.2) is 18.2 Å². The van der Waals surface area contributed by atoms with Gasteiger partial charge in [0.15, 0.2) is 0 Å². The largest absolute Gasteiger partial charge is 0.497 e. The fraction of sp³-hybridized carbons (Fsp3) is 0.647. The molecule has 1 unspecified atom stereocenters. The number of methoxy groups -OCH3 is 1. The molecule has 1 aliphatic heterocycles. The molecule has 3 nitrogen and oxygen atoms in total. The Morgan fingerprint density at radius 1 is 1.30 bits per heavy atom. The van der Waals surface area contributed by atoms with Crippen molar-refractivity contribution in [1.82, 2.24) is 4.90 Å². The lowest BCUT2D eigenvalue weighted by Crippen LogP contribution is -2.27. The molecule has 3 heteroatoms. The van der Waals surface area contributed by atoms with E-state index in [0.29, 0.717) is 6.04 Å². The molecular weight excluding hydrogens is 248 g/mol. The number of nitrogens with zero attached hydrogens (tertiary/aromatic N) is 1. The number of ether oxygens (including phenoxy) is 1. The van der Waals surface area contributed by atoms with E-state index in [4.69, 9.17) is 4.74 Å². The molecule has 20 heavy (non-hydrogen) atoms. The van der Waals surface area contributed by atoms with Crippen LogP contribution in [-0.2, 0) is 0 Å². The molecule has 1 aliphatic rings. The Morgan fingerprint density at radius 2 is 2.15 bits per heavy atom. The van der Waals surface area contributed by atoms with E-state index in [-0.39, 0.29) is 0 Å². The third-order valence-corrected chi connectivity index (χ3v) is 4.15. The van der Waals surface area contributed by atoms with E-state index in [1.807, 2.05) is 6.07 Å². The Labute approximate surface area is 123 Å². The predicted molar refractivity (Wildman–Crippen MR) is 85.7 cm³/mol. The van der Waals surface area contributed by atoms with Gasteiger partial charge < -0.3 is 15.0 Å². The van der Waals surface area contributed by atoms with Crippen molar-refractivity contribution in [3.63, 3.8) is 0 Å². The fourth-order valence-corrected chi connectivity index (χ4v) is 2.99. The topological polar surface area (TPSA) is 24.5 Å². The van der Waals surface area contributed by atoms with Crippen LogP contribution < -0.4 is 10.1 Å². The summed E-state index contributed by atoms with van der Waals surface area (Å²) in [5.41, 5.74) is 2.51. The lowest BCUT2D eigenvalue weighted by Gasteiger charge is -2.21. The summed E-state index contributed by atoms with van der Waals surface area (Å²) >= 11 is 0. The minimum Gasteiger partial charge on any atom is -0.497 e. The van der Waals surface area contributed by atoms with Gasteiger partial charge in [-0.2, -0.15) is 0 Å². The average Bonchev–Trinajstić information content (AvgIpc) is 2.67. The Morgan fingerprint density at radius 3 is 2.85 bits per heavy atom. The lowest BCUT2D eigenvalue weighted by atomic mass is 10.1. The third-order valence-electron chi connectivity index (χ3n) is 4.15.